The Labute approximate surface area is 143 Å². The van der Waals surface area contributed by atoms with Gasteiger partial charge in [0.25, 0.3) is 5.56 Å². The molecule has 1 aliphatic rings. The van der Waals surface area contributed by atoms with E-state index in [-0.39, 0.29) is 5.56 Å². The lowest BCUT2D eigenvalue weighted by Crippen LogP contribution is -2.12. The number of H-pyrrole nitrogens is 1. The Morgan fingerprint density at radius 3 is 2.88 bits per heavy atom. The average Bonchev–Trinajstić information content (AvgIpc) is 2.67. The van der Waals surface area contributed by atoms with E-state index >= 15 is 0 Å². The first-order valence-electron chi connectivity index (χ1n) is 8.15. The lowest BCUT2D eigenvalue weighted by atomic mass is 9.92. The fourth-order valence-corrected chi connectivity index (χ4v) is 3.51. The zero-order valence-electron chi connectivity index (χ0n) is 13.3. The number of benzene rings is 3. The molecule has 0 amide bonds. The normalized spacial score (nSPS) is 13.0. The average molecular weight is 326 g/mol. The van der Waals surface area contributed by atoms with E-state index in [2.05, 4.69) is 34.2 Å². The molecule has 4 heteroatoms. The zero-order chi connectivity index (χ0) is 16.8. The van der Waals surface area contributed by atoms with E-state index in [1.807, 2.05) is 36.4 Å². The summed E-state index contributed by atoms with van der Waals surface area (Å²) in [6.07, 6.45) is 5.43. The van der Waals surface area contributed by atoms with Crippen LogP contribution in [0.15, 0.2) is 65.7 Å². The maximum atomic E-state index is 12.3. The van der Waals surface area contributed by atoms with Gasteiger partial charge in [0.1, 0.15) is 17.7 Å². The van der Waals surface area contributed by atoms with Gasteiger partial charge in [-0.15, -0.1) is 0 Å². The summed E-state index contributed by atoms with van der Waals surface area (Å²) in [5.74, 6) is 0.609. The van der Waals surface area contributed by atoms with Crippen LogP contribution in [0.5, 0.6) is 5.75 Å². The number of aromatic nitrogens is 2. The minimum absolute atomic E-state index is 0.180. The van der Waals surface area contributed by atoms with Crippen LogP contribution in [0.25, 0.3) is 38.9 Å². The summed E-state index contributed by atoms with van der Waals surface area (Å²) in [7, 11) is 0. The first-order valence-corrected chi connectivity index (χ1v) is 8.15. The molecular formula is C21H14N2O2. The highest BCUT2D eigenvalue weighted by atomic mass is 16.5. The van der Waals surface area contributed by atoms with Crippen LogP contribution in [0.1, 0.15) is 5.56 Å². The Hall–Kier alpha value is -3.40. The predicted molar refractivity (Wildman–Crippen MR) is 99.8 cm³/mol. The summed E-state index contributed by atoms with van der Waals surface area (Å²) >= 11 is 0. The molecule has 2 heterocycles. The maximum Gasteiger partial charge on any atom is 0.262 e. The number of aromatic amines is 1. The van der Waals surface area contributed by atoms with Crippen LogP contribution in [0, 0.1) is 0 Å². The van der Waals surface area contributed by atoms with E-state index in [0.29, 0.717) is 23.3 Å². The molecule has 5 rings (SSSR count). The maximum absolute atomic E-state index is 12.3. The molecule has 120 valence electrons. The van der Waals surface area contributed by atoms with Gasteiger partial charge >= 0.3 is 0 Å². The lowest BCUT2D eigenvalue weighted by Gasteiger charge is -2.19. The zero-order valence-corrected chi connectivity index (χ0v) is 13.3. The second-order valence-corrected chi connectivity index (χ2v) is 6.03. The first-order chi connectivity index (χ1) is 12.3. The van der Waals surface area contributed by atoms with Gasteiger partial charge < -0.3 is 9.72 Å². The molecule has 0 saturated heterocycles. The molecule has 0 fully saturated rings. The van der Waals surface area contributed by atoms with Gasteiger partial charge in [-0.05, 0) is 34.0 Å². The number of ether oxygens (including phenoxy) is 1. The fraction of sp³-hybridized carbons (Fsp3) is 0.0476. The third kappa shape index (κ3) is 2.08. The fourth-order valence-electron chi connectivity index (χ4n) is 3.51. The number of nitrogens with zero attached hydrogens (tertiary/aromatic N) is 1. The van der Waals surface area contributed by atoms with Crippen LogP contribution in [0.3, 0.4) is 0 Å². The molecule has 0 atom stereocenters. The second-order valence-electron chi connectivity index (χ2n) is 6.03. The molecule has 0 radical (unpaired) electrons. The quantitative estimate of drug-likeness (QED) is 0.572. The van der Waals surface area contributed by atoms with E-state index in [0.717, 1.165) is 22.1 Å². The molecule has 1 aliphatic heterocycles. The SMILES string of the molecule is O=c1[nH]cnc2cc(-c3cccc4ccccc34)c3c(c12)OCC=C3. The third-order valence-corrected chi connectivity index (χ3v) is 4.61. The van der Waals surface area contributed by atoms with Crippen molar-refractivity contribution in [2.24, 2.45) is 0 Å². The van der Waals surface area contributed by atoms with Crippen molar-refractivity contribution >= 4 is 27.8 Å². The highest BCUT2D eigenvalue weighted by Gasteiger charge is 2.20. The minimum atomic E-state index is -0.180. The molecule has 0 spiro atoms. The molecule has 0 saturated carbocycles. The summed E-state index contributed by atoms with van der Waals surface area (Å²) in [6.45, 7) is 0.454. The van der Waals surface area contributed by atoms with Crippen LogP contribution < -0.4 is 10.3 Å². The van der Waals surface area contributed by atoms with Gasteiger partial charge in [-0.3, -0.25) is 4.79 Å². The Bertz CT molecular complexity index is 1220. The van der Waals surface area contributed by atoms with Crippen molar-refractivity contribution in [1.29, 1.82) is 0 Å². The third-order valence-electron chi connectivity index (χ3n) is 4.61. The number of hydrogen-bond donors (Lipinski definition) is 1. The van der Waals surface area contributed by atoms with Gasteiger partial charge in [0, 0.05) is 5.56 Å². The minimum Gasteiger partial charge on any atom is -0.488 e. The Kier molecular flexibility index (Phi) is 2.97. The van der Waals surface area contributed by atoms with Crippen molar-refractivity contribution in [2.45, 2.75) is 0 Å². The number of nitrogens with one attached hydrogen (secondary N) is 1. The highest BCUT2D eigenvalue weighted by Crippen LogP contribution is 2.40. The van der Waals surface area contributed by atoms with Crippen molar-refractivity contribution in [1.82, 2.24) is 9.97 Å². The van der Waals surface area contributed by atoms with Gasteiger partial charge in [0.05, 0.1) is 11.8 Å². The first kappa shape index (κ1) is 14.0. The van der Waals surface area contributed by atoms with E-state index in [1.165, 1.54) is 11.7 Å². The van der Waals surface area contributed by atoms with E-state index < -0.39 is 0 Å². The van der Waals surface area contributed by atoms with Crippen LogP contribution in [0.2, 0.25) is 0 Å². The summed E-state index contributed by atoms with van der Waals surface area (Å²) in [5, 5.41) is 2.84. The predicted octanol–water partition coefficient (Wildman–Crippen LogP) is 4.15. The number of rotatable bonds is 1. The molecule has 4 aromatic rings. The molecule has 25 heavy (non-hydrogen) atoms. The van der Waals surface area contributed by atoms with Crippen LogP contribution in [-0.2, 0) is 0 Å². The Balaban J connectivity index is 1.95. The standard InChI is InChI=1S/C21H14N2O2/c24-21-19-18(22-12-23-21)11-17(16-9-4-10-25-20(16)19)15-8-3-6-13-5-1-2-7-14(13)15/h1-9,11-12H,10H2,(H,22,23,24). The number of hydrogen-bond acceptors (Lipinski definition) is 3. The van der Waals surface area contributed by atoms with Gasteiger partial charge in [-0.25, -0.2) is 4.98 Å². The topological polar surface area (TPSA) is 55.0 Å². The molecule has 0 bridgehead atoms. The van der Waals surface area contributed by atoms with Gasteiger partial charge in [0.2, 0.25) is 0 Å². The van der Waals surface area contributed by atoms with Crippen molar-refractivity contribution in [2.75, 3.05) is 6.61 Å². The summed E-state index contributed by atoms with van der Waals surface area (Å²) in [4.78, 5) is 19.3. The van der Waals surface area contributed by atoms with Crippen molar-refractivity contribution < 1.29 is 4.74 Å². The van der Waals surface area contributed by atoms with Gasteiger partial charge in [-0.2, -0.15) is 0 Å². The van der Waals surface area contributed by atoms with Crippen LogP contribution >= 0.6 is 0 Å². The number of fused-ring (bicyclic) bond motifs is 4. The largest absolute Gasteiger partial charge is 0.488 e. The van der Waals surface area contributed by atoms with E-state index in [9.17, 15) is 4.79 Å². The molecule has 3 aromatic carbocycles. The van der Waals surface area contributed by atoms with Crippen LogP contribution in [-0.4, -0.2) is 16.6 Å². The summed E-state index contributed by atoms with van der Waals surface area (Å²) < 4.78 is 5.84. The van der Waals surface area contributed by atoms with E-state index in [4.69, 9.17) is 4.74 Å². The smallest absolute Gasteiger partial charge is 0.262 e. The van der Waals surface area contributed by atoms with E-state index in [1.54, 1.807) is 0 Å². The molecule has 0 unspecified atom stereocenters. The van der Waals surface area contributed by atoms with Crippen molar-refractivity contribution in [3.8, 4) is 16.9 Å². The Morgan fingerprint density at radius 2 is 1.92 bits per heavy atom. The molecule has 0 aliphatic carbocycles. The molecule has 1 N–H and O–H groups in total. The van der Waals surface area contributed by atoms with Gasteiger partial charge in [-0.1, -0.05) is 48.5 Å². The van der Waals surface area contributed by atoms with Crippen LogP contribution in [0.4, 0.5) is 0 Å². The molecular weight excluding hydrogens is 312 g/mol. The van der Waals surface area contributed by atoms with Crippen molar-refractivity contribution in [3.63, 3.8) is 0 Å². The summed E-state index contributed by atoms with van der Waals surface area (Å²) in [6, 6.07) is 16.5. The molecule has 1 aromatic heterocycles. The molecule has 4 nitrogen and oxygen atoms in total. The lowest BCUT2D eigenvalue weighted by molar-refractivity contribution is 0.363. The van der Waals surface area contributed by atoms with Gasteiger partial charge in [0.15, 0.2) is 0 Å². The monoisotopic (exact) mass is 326 g/mol. The van der Waals surface area contributed by atoms with Crippen molar-refractivity contribution in [3.05, 3.63) is 76.9 Å². The summed E-state index contributed by atoms with van der Waals surface area (Å²) in [5.41, 5.74) is 3.51. The Morgan fingerprint density at radius 1 is 1.04 bits per heavy atom. The highest BCUT2D eigenvalue weighted by molar-refractivity contribution is 6.03. The second kappa shape index (κ2) is 5.31.